The number of allylic oxidation sites excluding steroid dienone is 1. The van der Waals surface area contributed by atoms with Gasteiger partial charge >= 0.3 is 6.18 Å². The SMILES string of the molecule is N=C(/C=C(\Nc1ccccc1Cl)c1ccc(C(=O)Nc2ccccc2S(N)(=O)=O)cc1)C(F)(F)F. The monoisotopic (exact) mass is 522 g/mol. The Morgan fingerprint density at radius 3 is 2.00 bits per heavy atom. The number of primary sulfonamides is 1. The first kappa shape index (κ1) is 25.9. The van der Waals surface area contributed by atoms with E-state index >= 15 is 0 Å². The maximum absolute atomic E-state index is 13.0. The Balaban J connectivity index is 1.91. The van der Waals surface area contributed by atoms with Crippen LogP contribution in [0.3, 0.4) is 0 Å². The summed E-state index contributed by atoms with van der Waals surface area (Å²) in [5, 5.41) is 18.0. The number of nitrogens with one attached hydrogen (secondary N) is 3. The molecular weight excluding hydrogens is 505 g/mol. The topological polar surface area (TPSA) is 125 Å². The van der Waals surface area contributed by atoms with E-state index in [4.69, 9.17) is 22.1 Å². The average molecular weight is 523 g/mol. The Labute approximate surface area is 204 Å². The summed E-state index contributed by atoms with van der Waals surface area (Å²) in [5.74, 6) is -0.666. The van der Waals surface area contributed by atoms with Crippen LogP contribution >= 0.6 is 11.6 Å². The van der Waals surface area contributed by atoms with E-state index in [1.165, 1.54) is 48.5 Å². The summed E-state index contributed by atoms with van der Waals surface area (Å²) >= 11 is 6.10. The highest BCUT2D eigenvalue weighted by Gasteiger charge is 2.33. The summed E-state index contributed by atoms with van der Waals surface area (Å²) in [6.45, 7) is 0. The van der Waals surface area contributed by atoms with E-state index in [0.29, 0.717) is 11.8 Å². The summed E-state index contributed by atoms with van der Waals surface area (Å²) in [4.78, 5) is 12.4. The van der Waals surface area contributed by atoms with E-state index in [9.17, 15) is 26.4 Å². The van der Waals surface area contributed by atoms with Gasteiger partial charge < -0.3 is 10.6 Å². The lowest BCUT2D eigenvalue weighted by molar-refractivity contribution is -0.0583. The molecular formula is C23H18ClF3N4O3S. The largest absolute Gasteiger partial charge is 0.432 e. The molecule has 0 aliphatic carbocycles. The van der Waals surface area contributed by atoms with Crippen LogP contribution in [0.2, 0.25) is 5.02 Å². The van der Waals surface area contributed by atoms with Gasteiger partial charge in [0.05, 0.1) is 16.4 Å². The Hall–Kier alpha value is -3.67. The van der Waals surface area contributed by atoms with Gasteiger partial charge in [0, 0.05) is 11.3 Å². The number of hydrogen-bond acceptors (Lipinski definition) is 5. The number of nitrogens with two attached hydrogens (primary N) is 1. The maximum atomic E-state index is 13.0. The second-order valence-corrected chi connectivity index (χ2v) is 9.08. The molecule has 35 heavy (non-hydrogen) atoms. The van der Waals surface area contributed by atoms with Crippen molar-refractivity contribution in [3.63, 3.8) is 0 Å². The number of anilines is 2. The van der Waals surface area contributed by atoms with Gasteiger partial charge in [-0.3, -0.25) is 10.2 Å². The fourth-order valence-electron chi connectivity index (χ4n) is 2.94. The molecule has 0 bridgehead atoms. The molecule has 0 radical (unpaired) electrons. The molecule has 0 fully saturated rings. The van der Waals surface area contributed by atoms with Crippen molar-refractivity contribution >= 4 is 50.3 Å². The van der Waals surface area contributed by atoms with Crippen LogP contribution in [0.5, 0.6) is 0 Å². The molecule has 0 saturated heterocycles. The normalized spacial score (nSPS) is 12.2. The number of amides is 1. The van der Waals surface area contributed by atoms with Gasteiger partial charge in [-0.15, -0.1) is 0 Å². The van der Waals surface area contributed by atoms with Gasteiger partial charge in [0.15, 0.2) is 0 Å². The molecule has 3 rings (SSSR count). The first-order valence-electron chi connectivity index (χ1n) is 9.79. The van der Waals surface area contributed by atoms with Gasteiger partial charge in [-0.25, -0.2) is 13.6 Å². The van der Waals surface area contributed by atoms with E-state index in [1.54, 1.807) is 24.3 Å². The van der Waals surface area contributed by atoms with Crippen molar-refractivity contribution in [1.82, 2.24) is 0 Å². The minimum atomic E-state index is -4.87. The summed E-state index contributed by atoms with van der Waals surface area (Å²) in [5.41, 5.74) is -1.04. The van der Waals surface area contributed by atoms with Crippen LogP contribution in [-0.4, -0.2) is 26.2 Å². The van der Waals surface area contributed by atoms with E-state index in [1.807, 2.05) is 0 Å². The number of halogens is 4. The third-order valence-electron chi connectivity index (χ3n) is 4.64. The zero-order valence-electron chi connectivity index (χ0n) is 17.7. The van der Waals surface area contributed by atoms with Crippen molar-refractivity contribution in [2.45, 2.75) is 11.1 Å². The van der Waals surface area contributed by atoms with Crippen molar-refractivity contribution in [3.05, 3.63) is 95.0 Å². The summed E-state index contributed by atoms with van der Waals surface area (Å²) in [7, 11) is -4.09. The molecule has 182 valence electrons. The molecule has 5 N–H and O–H groups in total. The quantitative estimate of drug-likeness (QED) is 0.315. The molecule has 0 aromatic heterocycles. The van der Waals surface area contributed by atoms with Crippen LogP contribution in [0.1, 0.15) is 15.9 Å². The third kappa shape index (κ3) is 6.69. The Kier molecular flexibility index (Phi) is 7.64. The number of para-hydroxylation sites is 2. The van der Waals surface area contributed by atoms with Crippen molar-refractivity contribution in [2.75, 3.05) is 10.6 Å². The number of alkyl halides is 3. The van der Waals surface area contributed by atoms with Gasteiger partial charge in [0.25, 0.3) is 5.91 Å². The molecule has 0 aliphatic heterocycles. The maximum Gasteiger partial charge on any atom is 0.432 e. The average Bonchev–Trinajstić information content (AvgIpc) is 2.79. The van der Waals surface area contributed by atoms with Gasteiger partial charge in [-0.05, 0) is 48.0 Å². The van der Waals surface area contributed by atoms with E-state index in [2.05, 4.69) is 10.6 Å². The summed E-state index contributed by atoms with van der Waals surface area (Å²) < 4.78 is 62.5. The van der Waals surface area contributed by atoms with Crippen LogP contribution < -0.4 is 15.8 Å². The van der Waals surface area contributed by atoms with Crippen LogP contribution in [0.4, 0.5) is 24.5 Å². The summed E-state index contributed by atoms with van der Waals surface area (Å²) in [6.07, 6.45) is -4.26. The highest BCUT2D eigenvalue weighted by Crippen LogP contribution is 2.28. The molecule has 3 aromatic carbocycles. The molecule has 7 nitrogen and oxygen atoms in total. The minimum absolute atomic E-state index is 0.0244. The molecule has 0 aliphatic rings. The first-order valence-corrected chi connectivity index (χ1v) is 11.7. The molecule has 0 heterocycles. The highest BCUT2D eigenvalue weighted by atomic mass is 35.5. The number of hydrogen-bond donors (Lipinski definition) is 4. The number of rotatable bonds is 7. The highest BCUT2D eigenvalue weighted by molar-refractivity contribution is 7.89. The van der Waals surface area contributed by atoms with E-state index < -0.39 is 27.8 Å². The Morgan fingerprint density at radius 2 is 1.43 bits per heavy atom. The van der Waals surface area contributed by atoms with Crippen molar-refractivity contribution in [3.8, 4) is 0 Å². The lowest BCUT2D eigenvalue weighted by Crippen LogP contribution is -2.20. The second kappa shape index (κ2) is 10.3. The molecule has 0 saturated carbocycles. The molecule has 0 unspecified atom stereocenters. The van der Waals surface area contributed by atoms with Crippen LogP contribution in [0.25, 0.3) is 5.70 Å². The number of benzene rings is 3. The van der Waals surface area contributed by atoms with Crippen molar-refractivity contribution in [1.29, 1.82) is 5.41 Å². The minimum Gasteiger partial charge on any atom is -0.354 e. The predicted octanol–water partition coefficient (Wildman–Crippen LogP) is 5.27. The summed E-state index contributed by atoms with van der Waals surface area (Å²) in [6, 6.07) is 17.4. The fourth-order valence-corrected chi connectivity index (χ4v) is 3.82. The van der Waals surface area contributed by atoms with Crippen molar-refractivity contribution < 1.29 is 26.4 Å². The lowest BCUT2D eigenvalue weighted by Gasteiger charge is -2.15. The zero-order chi connectivity index (χ0) is 25.8. The fraction of sp³-hybridized carbons (Fsp3) is 0.0435. The van der Waals surface area contributed by atoms with Gasteiger partial charge in [-0.2, -0.15) is 13.2 Å². The van der Waals surface area contributed by atoms with E-state index in [-0.39, 0.29) is 32.4 Å². The lowest BCUT2D eigenvalue weighted by atomic mass is 10.1. The zero-order valence-corrected chi connectivity index (χ0v) is 19.3. The molecule has 12 heteroatoms. The van der Waals surface area contributed by atoms with Crippen LogP contribution in [0, 0.1) is 5.41 Å². The van der Waals surface area contributed by atoms with Crippen LogP contribution in [0.15, 0.2) is 83.8 Å². The smallest absolute Gasteiger partial charge is 0.354 e. The standard InChI is InChI=1S/C23H18ClF3N4O3S/c24-16-5-1-2-6-17(16)30-19(13-21(28)23(25,26)27)14-9-11-15(12-10-14)22(32)31-18-7-3-4-8-20(18)35(29,33)34/h1-13,28,30H,(H,31,32)(H2,29,33,34)/b19-13-,28-21?. The van der Waals surface area contributed by atoms with Crippen LogP contribution in [-0.2, 0) is 10.0 Å². The van der Waals surface area contributed by atoms with Crippen molar-refractivity contribution in [2.24, 2.45) is 5.14 Å². The number of sulfonamides is 1. The molecule has 3 aromatic rings. The number of carbonyl (C=O) groups excluding carboxylic acids is 1. The van der Waals surface area contributed by atoms with Gasteiger partial charge in [0.2, 0.25) is 10.0 Å². The first-order chi connectivity index (χ1) is 16.4. The molecule has 0 spiro atoms. The van der Waals surface area contributed by atoms with E-state index in [0.717, 1.165) is 0 Å². The molecule has 0 atom stereocenters. The van der Waals surface area contributed by atoms with Gasteiger partial charge in [0.1, 0.15) is 10.6 Å². The Bertz CT molecular complexity index is 1410. The van der Waals surface area contributed by atoms with Gasteiger partial charge in [-0.1, -0.05) is 48.0 Å². The third-order valence-corrected chi connectivity index (χ3v) is 5.94. The Morgan fingerprint density at radius 1 is 0.886 bits per heavy atom. The number of carbonyl (C=O) groups is 1. The molecule has 1 amide bonds. The second-order valence-electron chi connectivity index (χ2n) is 7.15. The predicted molar refractivity (Wildman–Crippen MR) is 129 cm³/mol.